The molecule has 44 heavy (non-hydrogen) atoms. The molecule has 3 aliphatic heterocycles. The van der Waals surface area contributed by atoms with Gasteiger partial charge in [-0.3, -0.25) is 24.0 Å². The van der Waals surface area contributed by atoms with Crippen molar-refractivity contribution >= 4 is 29.6 Å². The summed E-state index contributed by atoms with van der Waals surface area (Å²) in [5, 5.41) is 23.2. The van der Waals surface area contributed by atoms with E-state index in [-0.39, 0.29) is 31.8 Å². The van der Waals surface area contributed by atoms with Crippen molar-refractivity contribution in [3.05, 3.63) is 77.9 Å². The number of fused-ring (bicyclic) bond motifs is 13. The van der Waals surface area contributed by atoms with E-state index >= 15 is 0 Å². The van der Waals surface area contributed by atoms with Gasteiger partial charge in [-0.2, -0.15) is 0 Å². The lowest BCUT2D eigenvalue weighted by atomic mass is 10.0. The Morgan fingerprint density at radius 1 is 0.955 bits per heavy atom. The maximum Gasteiger partial charge on any atom is 0.325 e. The van der Waals surface area contributed by atoms with E-state index in [0.29, 0.717) is 18.7 Å². The van der Waals surface area contributed by atoms with Crippen LogP contribution in [0, 0.1) is 0 Å². The molecule has 1 saturated heterocycles. The number of rotatable bonds is 7. The Morgan fingerprint density at radius 2 is 1.70 bits per heavy atom. The lowest BCUT2D eigenvalue weighted by Crippen LogP contribution is -2.59. The van der Waals surface area contributed by atoms with Gasteiger partial charge >= 0.3 is 5.97 Å². The molecule has 234 valence electrons. The van der Waals surface area contributed by atoms with Gasteiger partial charge in [0.1, 0.15) is 36.5 Å². The van der Waals surface area contributed by atoms with E-state index in [1.54, 1.807) is 24.3 Å². The van der Waals surface area contributed by atoms with Crippen LogP contribution in [0.4, 0.5) is 0 Å². The molecule has 0 saturated carbocycles. The topological polar surface area (TPSA) is 175 Å². The van der Waals surface area contributed by atoms with Crippen LogP contribution in [-0.2, 0) is 36.8 Å². The summed E-state index contributed by atoms with van der Waals surface area (Å²) >= 11 is 0. The summed E-state index contributed by atoms with van der Waals surface area (Å²) in [5.74, 6) is -2.82. The average Bonchev–Trinajstić information content (AvgIpc) is 3.56. The minimum absolute atomic E-state index is 0.0469. The normalized spacial score (nSPS) is 24.1. The fraction of sp³-hybridized carbons (Fsp3) is 0.406. The molecule has 12 heteroatoms. The third-order valence-corrected chi connectivity index (χ3v) is 7.54. The van der Waals surface area contributed by atoms with Gasteiger partial charge in [0.2, 0.25) is 23.6 Å². The molecule has 0 aliphatic carbocycles. The standard InChI is InChI=1S/C32H39N5O7/c1-20(32(42)43)34-29(39)25-10-5-6-17-44-23-14-12-22(13-15-23)19-27(36-28(38)24-11-7-16-33-24)31(41)37-26(30(40)35-25)18-21-8-3-2-4-9-21/h2-6,8-9,12-15,20,24-27,33H,7,10-11,16-19H2,1H3,(H,34,39)(H,35,40)(H,36,38)(H,37,41)(H,42,43)/b6-5+/t20-,24-,25-,26-,27-/m0/s1. The molecule has 5 rings (SSSR count). The quantitative estimate of drug-likeness (QED) is 0.249. The first-order chi connectivity index (χ1) is 21.2. The number of ether oxygens (including phenoxy) is 1. The van der Waals surface area contributed by atoms with Crippen LogP contribution in [0.15, 0.2) is 66.7 Å². The number of benzene rings is 2. The zero-order chi connectivity index (χ0) is 31.5. The molecule has 0 radical (unpaired) electrons. The van der Waals surface area contributed by atoms with Crippen LogP contribution in [0.25, 0.3) is 0 Å². The Bertz CT molecular complexity index is 1340. The van der Waals surface area contributed by atoms with Crippen molar-refractivity contribution in [2.24, 2.45) is 0 Å². The predicted molar refractivity (Wildman–Crippen MR) is 162 cm³/mol. The van der Waals surface area contributed by atoms with Gasteiger partial charge in [-0.1, -0.05) is 54.6 Å². The number of carbonyl (C=O) groups excluding carboxylic acids is 4. The maximum atomic E-state index is 13.8. The molecule has 0 unspecified atom stereocenters. The number of aliphatic carboxylic acids is 1. The molecule has 2 bridgehead atoms. The van der Waals surface area contributed by atoms with Gasteiger partial charge in [0.05, 0.1) is 6.04 Å². The zero-order valence-corrected chi connectivity index (χ0v) is 24.6. The van der Waals surface area contributed by atoms with Gasteiger partial charge in [0.15, 0.2) is 0 Å². The first kappa shape index (κ1) is 32.2. The van der Waals surface area contributed by atoms with E-state index in [9.17, 15) is 29.1 Å². The molecule has 3 heterocycles. The second-order valence-corrected chi connectivity index (χ2v) is 11.0. The van der Waals surface area contributed by atoms with Gasteiger partial charge in [-0.15, -0.1) is 0 Å². The van der Waals surface area contributed by atoms with Crippen molar-refractivity contribution < 1.29 is 33.8 Å². The van der Waals surface area contributed by atoms with Crippen LogP contribution in [0.3, 0.4) is 0 Å². The number of nitrogens with one attached hydrogen (secondary N) is 5. The minimum atomic E-state index is -1.22. The molecule has 5 atom stereocenters. The van der Waals surface area contributed by atoms with Gasteiger partial charge in [-0.05, 0) is 56.0 Å². The summed E-state index contributed by atoms with van der Waals surface area (Å²) in [6, 6.07) is 11.4. The van der Waals surface area contributed by atoms with Crippen molar-refractivity contribution in [2.45, 2.75) is 69.2 Å². The monoisotopic (exact) mass is 605 g/mol. The summed E-state index contributed by atoms with van der Waals surface area (Å²) in [6.45, 7) is 2.23. The molecule has 1 fully saturated rings. The highest BCUT2D eigenvalue weighted by atomic mass is 16.5. The second-order valence-electron chi connectivity index (χ2n) is 11.0. The molecular weight excluding hydrogens is 566 g/mol. The van der Waals surface area contributed by atoms with Crippen LogP contribution in [0.2, 0.25) is 0 Å². The van der Waals surface area contributed by atoms with E-state index < -0.39 is 53.9 Å². The average molecular weight is 606 g/mol. The number of carboxylic acid groups (broad SMARTS) is 1. The zero-order valence-electron chi connectivity index (χ0n) is 24.6. The number of hydrogen-bond donors (Lipinski definition) is 6. The first-order valence-corrected chi connectivity index (χ1v) is 14.8. The summed E-state index contributed by atoms with van der Waals surface area (Å²) < 4.78 is 5.75. The van der Waals surface area contributed by atoms with Crippen molar-refractivity contribution in [3.8, 4) is 5.75 Å². The van der Waals surface area contributed by atoms with Crippen LogP contribution in [0.1, 0.15) is 37.3 Å². The summed E-state index contributed by atoms with van der Waals surface area (Å²) in [4.78, 5) is 65.0. The molecule has 12 nitrogen and oxygen atoms in total. The Kier molecular flexibility index (Phi) is 11.5. The van der Waals surface area contributed by atoms with Crippen molar-refractivity contribution in [1.82, 2.24) is 26.6 Å². The SMILES string of the molecule is C[C@H](NC(=O)[C@@H]1C/C=C/COc2ccc(cc2)C[C@H](NC(=O)[C@@H]2CCCN2)C(=O)N[C@@H](Cc2ccccc2)C(=O)N1)C(=O)O. The third kappa shape index (κ3) is 9.40. The number of hydrogen-bond acceptors (Lipinski definition) is 7. The van der Waals surface area contributed by atoms with Gasteiger partial charge in [0.25, 0.3) is 0 Å². The summed E-state index contributed by atoms with van der Waals surface area (Å²) in [7, 11) is 0. The highest BCUT2D eigenvalue weighted by molar-refractivity contribution is 5.95. The summed E-state index contributed by atoms with van der Waals surface area (Å²) in [5.41, 5.74) is 1.55. The molecule has 2 aromatic carbocycles. The van der Waals surface area contributed by atoms with Crippen LogP contribution in [-0.4, -0.2) is 78.1 Å². The molecule has 4 amide bonds. The highest BCUT2D eigenvalue weighted by Crippen LogP contribution is 2.15. The van der Waals surface area contributed by atoms with Crippen LogP contribution in [0.5, 0.6) is 5.75 Å². The Labute approximate surface area is 256 Å². The van der Waals surface area contributed by atoms with Crippen molar-refractivity contribution in [1.29, 1.82) is 0 Å². The van der Waals surface area contributed by atoms with E-state index in [1.807, 2.05) is 42.5 Å². The summed E-state index contributed by atoms with van der Waals surface area (Å²) in [6.07, 6.45) is 5.20. The van der Waals surface area contributed by atoms with Gasteiger partial charge in [0, 0.05) is 12.8 Å². The Morgan fingerprint density at radius 3 is 2.39 bits per heavy atom. The highest BCUT2D eigenvalue weighted by Gasteiger charge is 2.32. The minimum Gasteiger partial charge on any atom is -0.490 e. The van der Waals surface area contributed by atoms with E-state index in [1.165, 1.54) is 6.92 Å². The predicted octanol–water partition coefficient (Wildman–Crippen LogP) is 0.606. The Hall–Kier alpha value is -4.71. The second kappa shape index (κ2) is 15.7. The molecule has 6 N–H and O–H groups in total. The Balaban J connectivity index is 1.64. The van der Waals surface area contributed by atoms with E-state index in [0.717, 1.165) is 17.5 Å². The smallest absolute Gasteiger partial charge is 0.325 e. The molecule has 2 aromatic rings. The number of amides is 4. The van der Waals surface area contributed by atoms with Crippen molar-refractivity contribution in [3.63, 3.8) is 0 Å². The fourth-order valence-corrected chi connectivity index (χ4v) is 5.00. The van der Waals surface area contributed by atoms with Crippen LogP contribution < -0.4 is 31.3 Å². The van der Waals surface area contributed by atoms with Gasteiger partial charge < -0.3 is 36.4 Å². The fourth-order valence-electron chi connectivity index (χ4n) is 5.00. The lowest BCUT2D eigenvalue weighted by molar-refractivity contribution is -0.141. The van der Waals surface area contributed by atoms with Crippen LogP contribution >= 0.6 is 0 Å². The number of carbonyl (C=O) groups is 5. The maximum absolute atomic E-state index is 13.8. The largest absolute Gasteiger partial charge is 0.490 e. The molecule has 3 aliphatic rings. The molecular formula is C32H39N5O7. The third-order valence-electron chi connectivity index (χ3n) is 7.54. The number of carboxylic acids is 1. The van der Waals surface area contributed by atoms with E-state index in [4.69, 9.17) is 4.74 Å². The molecule has 0 aromatic heterocycles. The first-order valence-electron chi connectivity index (χ1n) is 14.8. The lowest BCUT2D eigenvalue weighted by Gasteiger charge is -2.26. The molecule has 0 spiro atoms. The van der Waals surface area contributed by atoms with Crippen molar-refractivity contribution in [2.75, 3.05) is 13.2 Å². The van der Waals surface area contributed by atoms with Gasteiger partial charge in [-0.25, -0.2) is 0 Å². The van der Waals surface area contributed by atoms with E-state index in [2.05, 4.69) is 26.6 Å².